The maximum absolute atomic E-state index is 9.21. The Morgan fingerprint density at radius 3 is 1.72 bits per heavy atom. The van der Waals surface area contributed by atoms with Crippen molar-refractivity contribution in [1.82, 2.24) is 14.8 Å². The van der Waals surface area contributed by atoms with Crippen molar-refractivity contribution >= 4 is 12.9 Å². The molecule has 0 saturated heterocycles. The van der Waals surface area contributed by atoms with Crippen molar-refractivity contribution in [1.29, 1.82) is 0 Å². The molecule has 143 valence electrons. The average Bonchev–Trinajstić information content (AvgIpc) is 3.19. The molecule has 0 aliphatic carbocycles. The molecule has 1 heterocycles. The molecule has 1 aromatic heterocycles. The third-order valence-corrected chi connectivity index (χ3v) is 5.00. The van der Waals surface area contributed by atoms with Crippen LogP contribution in [0.4, 0.5) is 0 Å². The van der Waals surface area contributed by atoms with Crippen LogP contribution < -0.4 is 5.46 Å². The van der Waals surface area contributed by atoms with Crippen LogP contribution in [0.3, 0.4) is 0 Å². The van der Waals surface area contributed by atoms with Crippen molar-refractivity contribution in [3.63, 3.8) is 0 Å². The molecule has 0 aliphatic rings. The number of rotatable bonds is 4. The fourth-order valence-electron chi connectivity index (χ4n) is 3.32. The summed E-state index contributed by atoms with van der Waals surface area (Å²) in [6, 6.07) is 26.3. The normalized spacial score (nSPS) is 11.4. The molecule has 0 atom stereocenters. The van der Waals surface area contributed by atoms with Gasteiger partial charge in [0.25, 0.3) is 0 Å². The Morgan fingerprint density at radius 2 is 1.24 bits per heavy atom. The monoisotopic (exact) mass is 380 g/mol. The molecule has 1 N–H and O–H groups in total. The van der Waals surface area contributed by atoms with E-state index in [4.69, 9.17) is 0 Å². The van der Waals surface area contributed by atoms with Crippen molar-refractivity contribution in [3.05, 3.63) is 84.4 Å². The van der Waals surface area contributed by atoms with Crippen LogP contribution in [-0.2, 0) is 5.41 Å². The van der Waals surface area contributed by atoms with Gasteiger partial charge in [-0.1, -0.05) is 93.0 Å². The van der Waals surface area contributed by atoms with Gasteiger partial charge in [0.2, 0.25) is 0 Å². The third kappa shape index (κ3) is 3.87. The topological polar surface area (TPSA) is 50.9 Å². The van der Waals surface area contributed by atoms with Crippen molar-refractivity contribution < 1.29 is 5.02 Å². The fourth-order valence-corrected chi connectivity index (χ4v) is 3.32. The smallest absolute Gasteiger partial charge is 0.326 e. The molecule has 0 bridgehead atoms. The molecule has 1 radical (unpaired) electrons. The lowest BCUT2D eigenvalue weighted by atomic mass is 9.86. The molecule has 5 heteroatoms. The Labute approximate surface area is 172 Å². The predicted molar refractivity (Wildman–Crippen MR) is 119 cm³/mol. The van der Waals surface area contributed by atoms with E-state index in [0.717, 1.165) is 41.4 Å². The molecule has 0 aliphatic heterocycles. The molecule has 4 aromatic rings. The zero-order chi connectivity index (χ0) is 20.4. The van der Waals surface area contributed by atoms with E-state index in [-0.39, 0.29) is 5.41 Å². The van der Waals surface area contributed by atoms with Crippen LogP contribution in [0.2, 0.25) is 0 Å². The highest BCUT2D eigenvalue weighted by atomic mass is 16.2. The van der Waals surface area contributed by atoms with Crippen LogP contribution in [-0.4, -0.2) is 27.3 Å². The van der Waals surface area contributed by atoms with Crippen LogP contribution in [0.15, 0.2) is 78.9 Å². The Kier molecular flexibility index (Phi) is 5.08. The molecule has 4 rings (SSSR count). The van der Waals surface area contributed by atoms with Gasteiger partial charge >= 0.3 is 7.48 Å². The third-order valence-electron chi connectivity index (χ3n) is 5.00. The summed E-state index contributed by atoms with van der Waals surface area (Å²) in [5.74, 6) is 1.56. The molecule has 0 amide bonds. The first-order valence-electron chi connectivity index (χ1n) is 9.67. The second kappa shape index (κ2) is 7.68. The van der Waals surface area contributed by atoms with Crippen LogP contribution in [0.25, 0.3) is 28.5 Å². The summed E-state index contributed by atoms with van der Waals surface area (Å²) in [5.41, 5.74) is 5.08. The van der Waals surface area contributed by atoms with E-state index in [1.807, 2.05) is 42.5 Å². The van der Waals surface area contributed by atoms with Gasteiger partial charge in [0.1, 0.15) is 0 Å². The lowest BCUT2D eigenvalue weighted by molar-refractivity contribution is 0.590. The number of hydrogen-bond acceptors (Lipinski definition) is 3. The van der Waals surface area contributed by atoms with Crippen molar-refractivity contribution in [2.24, 2.45) is 0 Å². The Bertz CT molecular complexity index is 1100. The summed E-state index contributed by atoms with van der Waals surface area (Å²) in [7, 11) is 1.09. The maximum Gasteiger partial charge on any atom is 0.326 e. The summed E-state index contributed by atoms with van der Waals surface area (Å²) < 4.78 is 2.07. The predicted octanol–water partition coefficient (Wildman–Crippen LogP) is 4.14. The summed E-state index contributed by atoms with van der Waals surface area (Å²) in [5, 5.41) is 18.2. The van der Waals surface area contributed by atoms with E-state index in [9.17, 15) is 5.02 Å². The molecule has 0 unspecified atom stereocenters. The SMILES string of the molecule is CC(C)(C)c1ccc(-c2nnc(-c3ccc([B]O)cc3)n2-c2ccccc2)cc1. The number of hydrogen-bond donors (Lipinski definition) is 1. The molecule has 0 spiro atoms. The number of aromatic nitrogens is 3. The zero-order valence-electron chi connectivity index (χ0n) is 16.9. The minimum absolute atomic E-state index is 0.0995. The molecule has 0 fully saturated rings. The van der Waals surface area contributed by atoms with E-state index < -0.39 is 0 Å². The van der Waals surface area contributed by atoms with Crippen molar-refractivity contribution in [2.75, 3.05) is 0 Å². The number of nitrogens with zero attached hydrogens (tertiary/aromatic N) is 3. The molecule has 29 heavy (non-hydrogen) atoms. The zero-order valence-corrected chi connectivity index (χ0v) is 16.9. The van der Waals surface area contributed by atoms with Gasteiger partial charge in [0, 0.05) is 16.8 Å². The van der Waals surface area contributed by atoms with Crippen molar-refractivity contribution in [2.45, 2.75) is 26.2 Å². The van der Waals surface area contributed by atoms with Gasteiger partial charge in [-0.25, -0.2) is 0 Å². The first-order chi connectivity index (χ1) is 14.0. The van der Waals surface area contributed by atoms with Gasteiger partial charge in [-0.2, -0.15) is 0 Å². The van der Waals surface area contributed by atoms with E-state index in [1.54, 1.807) is 0 Å². The van der Waals surface area contributed by atoms with E-state index in [1.165, 1.54) is 5.56 Å². The van der Waals surface area contributed by atoms with E-state index in [0.29, 0.717) is 0 Å². The second-order valence-electron chi connectivity index (χ2n) is 8.10. The van der Waals surface area contributed by atoms with Gasteiger partial charge < -0.3 is 5.02 Å². The van der Waals surface area contributed by atoms with Crippen LogP contribution in [0.1, 0.15) is 26.3 Å². The number of benzene rings is 3. The van der Waals surface area contributed by atoms with Gasteiger partial charge in [0.15, 0.2) is 11.6 Å². The Hall–Kier alpha value is -3.18. The standard InChI is InChI=1S/C24H23BN3O/c1-24(2,3)19-13-9-17(10-14-19)22-26-27-23(18-11-15-20(25-29)16-12-18)28(22)21-7-5-4-6-8-21/h4-16,29H,1-3H3. The van der Waals surface area contributed by atoms with E-state index >= 15 is 0 Å². The quantitative estimate of drug-likeness (QED) is 0.542. The van der Waals surface area contributed by atoms with Crippen molar-refractivity contribution in [3.8, 4) is 28.5 Å². The van der Waals surface area contributed by atoms with E-state index in [2.05, 4.69) is 71.9 Å². The van der Waals surface area contributed by atoms with Crippen LogP contribution in [0.5, 0.6) is 0 Å². The summed E-state index contributed by atoms with van der Waals surface area (Å²) >= 11 is 0. The molecular formula is C24H23BN3O. The highest BCUT2D eigenvalue weighted by molar-refractivity contribution is 6.45. The Balaban J connectivity index is 1.85. The van der Waals surface area contributed by atoms with Gasteiger partial charge in [0.05, 0.1) is 0 Å². The lowest BCUT2D eigenvalue weighted by Crippen LogP contribution is -2.12. The fraction of sp³-hybridized carbons (Fsp3) is 0.167. The molecule has 3 aromatic carbocycles. The Morgan fingerprint density at radius 1 is 0.724 bits per heavy atom. The maximum atomic E-state index is 9.21. The second-order valence-corrected chi connectivity index (χ2v) is 8.10. The highest BCUT2D eigenvalue weighted by Crippen LogP contribution is 2.30. The summed E-state index contributed by atoms with van der Waals surface area (Å²) in [6.45, 7) is 6.63. The number of para-hydroxylation sites is 1. The first-order valence-corrected chi connectivity index (χ1v) is 9.67. The highest BCUT2D eigenvalue weighted by Gasteiger charge is 2.18. The minimum Gasteiger partial charge on any atom is -0.450 e. The molecular weight excluding hydrogens is 357 g/mol. The molecule has 4 nitrogen and oxygen atoms in total. The summed E-state index contributed by atoms with van der Waals surface area (Å²) in [6.07, 6.45) is 0. The van der Waals surface area contributed by atoms with Crippen LogP contribution in [0, 0.1) is 0 Å². The van der Waals surface area contributed by atoms with Gasteiger partial charge in [-0.3, -0.25) is 4.57 Å². The van der Waals surface area contributed by atoms with Gasteiger partial charge in [-0.05, 0) is 23.1 Å². The first kappa shape index (κ1) is 19.2. The lowest BCUT2D eigenvalue weighted by Gasteiger charge is -2.19. The van der Waals surface area contributed by atoms with Gasteiger partial charge in [-0.15, -0.1) is 10.2 Å². The average molecular weight is 380 g/mol. The molecule has 0 saturated carbocycles. The largest absolute Gasteiger partial charge is 0.450 e. The minimum atomic E-state index is 0.0995. The summed E-state index contributed by atoms with van der Waals surface area (Å²) in [4.78, 5) is 0. The van der Waals surface area contributed by atoms with Crippen LogP contribution >= 0.6 is 0 Å².